The number of hydrogen-bond donors (Lipinski definition) is 1. The molecule has 9 heteroatoms. The van der Waals surface area contributed by atoms with Crippen LogP contribution in [-0.4, -0.2) is 19.6 Å². The Balaban J connectivity index is 1.37. The average Bonchev–Trinajstić information content (AvgIpc) is 3.48. The third-order valence-electron chi connectivity index (χ3n) is 7.55. The summed E-state index contributed by atoms with van der Waals surface area (Å²) in [6, 6.07) is 31.4. The van der Waals surface area contributed by atoms with Gasteiger partial charge in [0, 0.05) is 50.9 Å². The van der Waals surface area contributed by atoms with E-state index >= 15 is 0 Å². The Labute approximate surface area is 254 Å². The maximum atomic E-state index is 11.0. The standard InChI is InChI=1S/C33H29N5O2S2/c1-21-7-6-8-26(19-21)36-22(2)20-29(23(36)3)32-31(30-9-4-5-18-34-30)35-33(41)37(32)24-10-14-27(15-11-24)42-28-16-12-25(13-17-28)38(39)40/h4-20,31-32H,1-3H3,(H,35,41)/t31-,32-/m0/s1. The maximum absolute atomic E-state index is 11.0. The van der Waals surface area contributed by atoms with E-state index in [9.17, 15) is 10.1 Å². The molecule has 2 aromatic heterocycles. The third kappa shape index (κ3) is 5.29. The zero-order valence-corrected chi connectivity index (χ0v) is 25.0. The predicted octanol–water partition coefficient (Wildman–Crippen LogP) is 8.03. The van der Waals surface area contributed by atoms with Crippen LogP contribution in [0.3, 0.4) is 0 Å². The molecule has 6 rings (SSSR count). The Morgan fingerprint density at radius 3 is 2.24 bits per heavy atom. The summed E-state index contributed by atoms with van der Waals surface area (Å²) in [6.45, 7) is 6.42. The monoisotopic (exact) mass is 591 g/mol. The smallest absolute Gasteiger partial charge is 0.269 e. The minimum atomic E-state index is -0.386. The molecule has 3 aromatic carbocycles. The van der Waals surface area contributed by atoms with Crippen LogP contribution in [0.4, 0.5) is 11.4 Å². The molecule has 1 N–H and O–H groups in total. The number of aromatic nitrogens is 2. The van der Waals surface area contributed by atoms with Gasteiger partial charge in [-0.2, -0.15) is 0 Å². The SMILES string of the molecule is Cc1cccc(-n2c(C)cc([C@H]3[C@H](c4ccccn4)NC(=S)N3c3ccc(Sc4ccc([N+](=O)[O-])cc4)cc3)c2C)c1. The Morgan fingerprint density at radius 2 is 1.60 bits per heavy atom. The number of nitrogens with one attached hydrogen (secondary N) is 1. The maximum Gasteiger partial charge on any atom is 0.269 e. The van der Waals surface area contributed by atoms with Crippen molar-refractivity contribution in [1.82, 2.24) is 14.9 Å². The molecule has 0 amide bonds. The van der Waals surface area contributed by atoms with Crippen LogP contribution in [-0.2, 0) is 0 Å². The minimum Gasteiger partial charge on any atom is -0.351 e. The van der Waals surface area contributed by atoms with Gasteiger partial charge in [0.15, 0.2) is 5.11 Å². The molecule has 7 nitrogen and oxygen atoms in total. The second kappa shape index (κ2) is 11.4. The number of thiocarbonyl (C=S) groups is 1. The summed E-state index contributed by atoms with van der Waals surface area (Å²) >= 11 is 7.52. The number of non-ortho nitro benzene ring substituents is 1. The number of hydrogen-bond acceptors (Lipinski definition) is 5. The van der Waals surface area contributed by atoms with Crippen LogP contribution in [0, 0.1) is 30.9 Å². The number of benzene rings is 3. The Hall–Kier alpha value is -4.47. The van der Waals surface area contributed by atoms with E-state index in [0.717, 1.165) is 38.2 Å². The van der Waals surface area contributed by atoms with Gasteiger partial charge in [0.2, 0.25) is 0 Å². The molecule has 1 fully saturated rings. The first kappa shape index (κ1) is 27.7. The fourth-order valence-corrected chi connectivity index (χ4v) is 6.81. The van der Waals surface area contributed by atoms with Crippen LogP contribution < -0.4 is 10.2 Å². The van der Waals surface area contributed by atoms with Crippen molar-refractivity contribution in [2.24, 2.45) is 0 Å². The molecule has 0 radical (unpaired) electrons. The van der Waals surface area contributed by atoms with E-state index in [1.807, 2.05) is 24.4 Å². The number of pyridine rings is 1. The number of rotatable bonds is 7. The van der Waals surface area contributed by atoms with E-state index in [4.69, 9.17) is 17.2 Å². The second-order valence-electron chi connectivity index (χ2n) is 10.3. The van der Waals surface area contributed by atoms with E-state index in [-0.39, 0.29) is 22.7 Å². The van der Waals surface area contributed by atoms with Crippen molar-refractivity contribution in [1.29, 1.82) is 0 Å². The fourth-order valence-electron chi connectivity index (χ4n) is 5.65. The second-order valence-corrected chi connectivity index (χ2v) is 11.9. The summed E-state index contributed by atoms with van der Waals surface area (Å²) in [5.74, 6) is 0. The largest absolute Gasteiger partial charge is 0.351 e. The highest BCUT2D eigenvalue weighted by Gasteiger charge is 2.42. The van der Waals surface area contributed by atoms with Crippen molar-refractivity contribution in [3.63, 3.8) is 0 Å². The lowest BCUT2D eigenvalue weighted by molar-refractivity contribution is -0.384. The number of nitrogens with zero attached hydrogens (tertiary/aromatic N) is 4. The van der Waals surface area contributed by atoms with Crippen molar-refractivity contribution in [3.8, 4) is 5.69 Å². The first-order chi connectivity index (χ1) is 20.3. The Bertz CT molecular complexity index is 1770. The molecule has 0 bridgehead atoms. The van der Waals surface area contributed by atoms with Gasteiger partial charge < -0.3 is 14.8 Å². The fraction of sp³-hybridized carbons (Fsp3) is 0.152. The molecule has 2 atom stereocenters. The Kier molecular flexibility index (Phi) is 7.53. The predicted molar refractivity (Wildman–Crippen MR) is 172 cm³/mol. The average molecular weight is 592 g/mol. The summed E-state index contributed by atoms with van der Waals surface area (Å²) in [5.41, 5.74) is 7.83. The molecule has 42 heavy (non-hydrogen) atoms. The van der Waals surface area contributed by atoms with Crippen LogP contribution in [0.5, 0.6) is 0 Å². The van der Waals surface area contributed by atoms with Crippen molar-refractivity contribution in [3.05, 3.63) is 142 Å². The van der Waals surface area contributed by atoms with Gasteiger partial charge in [-0.3, -0.25) is 15.1 Å². The molecule has 0 unspecified atom stereocenters. The quantitative estimate of drug-likeness (QED) is 0.117. The molecular formula is C33H29N5O2S2. The lowest BCUT2D eigenvalue weighted by Crippen LogP contribution is -2.29. The zero-order valence-electron chi connectivity index (χ0n) is 23.4. The van der Waals surface area contributed by atoms with Gasteiger partial charge in [0.1, 0.15) is 0 Å². The van der Waals surface area contributed by atoms with E-state index in [1.54, 1.807) is 23.9 Å². The van der Waals surface area contributed by atoms with E-state index < -0.39 is 0 Å². The molecule has 210 valence electrons. The molecule has 1 saturated heterocycles. The zero-order chi connectivity index (χ0) is 29.4. The van der Waals surface area contributed by atoms with Crippen LogP contribution in [0.15, 0.2) is 113 Å². The summed E-state index contributed by atoms with van der Waals surface area (Å²) in [4.78, 5) is 19.5. The van der Waals surface area contributed by atoms with Crippen molar-refractivity contribution < 1.29 is 4.92 Å². The molecule has 0 saturated carbocycles. The molecule has 5 aromatic rings. The van der Waals surface area contributed by atoms with Crippen molar-refractivity contribution >= 4 is 40.5 Å². The van der Waals surface area contributed by atoms with E-state index in [1.165, 1.54) is 23.3 Å². The summed E-state index contributed by atoms with van der Waals surface area (Å²) < 4.78 is 2.31. The topological polar surface area (TPSA) is 76.2 Å². The lowest BCUT2D eigenvalue weighted by atomic mass is 9.96. The first-order valence-corrected chi connectivity index (χ1v) is 14.8. The van der Waals surface area contributed by atoms with Crippen molar-refractivity contribution in [2.45, 2.75) is 42.6 Å². The summed E-state index contributed by atoms with van der Waals surface area (Å²) in [5, 5.41) is 15.2. The van der Waals surface area contributed by atoms with E-state index in [0.29, 0.717) is 5.11 Å². The van der Waals surface area contributed by atoms with Gasteiger partial charge in [-0.25, -0.2) is 0 Å². The van der Waals surface area contributed by atoms with Gasteiger partial charge in [-0.1, -0.05) is 30.0 Å². The van der Waals surface area contributed by atoms with Gasteiger partial charge in [0.05, 0.1) is 22.7 Å². The van der Waals surface area contributed by atoms with E-state index in [2.05, 4.69) is 90.2 Å². The lowest BCUT2D eigenvalue weighted by Gasteiger charge is -2.28. The normalized spacial score (nSPS) is 16.5. The Morgan fingerprint density at radius 1 is 0.881 bits per heavy atom. The van der Waals surface area contributed by atoms with Crippen LogP contribution in [0.1, 0.15) is 40.3 Å². The molecule has 0 aliphatic carbocycles. The molecular weight excluding hydrogens is 563 g/mol. The van der Waals surface area contributed by atoms with Gasteiger partial charge in [-0.05, 0) is 111 Å². The molecule has 3 heterocycles. The molecule has 1 aliphatic rings. The number of nitro benzene ring substituents is 1. The van der Waals surface area contributed by atoms with Crippen LogP contribution in [0.25, 0.3) is 5.69 Å². The van der Waals surface area contributed by atoms with Gasteiger partial charge in [0.25, 0.3) is 5.69 Å². The third-order valence-corrected chi connectivity index (χ3v) is 8.88. The highest BCUT2D eigenvalue weighted by Crippen LogP contribution is 2.44. The molecule has 1 aliphatic heterocycles. The summed E-state index contributed by atoms with van der Waals surface area (Å²) in [7, 11) is 0. The first-order valence-electron chi connectivity index (χ1n) is 13.6. The van der Waals surface area contributed by atoms with Gasteiger partial charge in [-0.15, -0.1) is 0 Å². The highest BCUT2D eigenvalue weighted by molar-refractivity contribution is 7.99. The summed E-state index contributed by atoms with van der Waals surface area (Å²) in [6.07, 6.45) is 1.82. The number of anilines is 1. The van der Waals surface area contributed by atoms with Gasteiger partial charge >= 0.3 is 0 Å². The molecule has 0 spiro atoms. The van der Waals surface area contributed by atoms with Crippen LogP contribution in [0.2, 0.25) is 0 Å². The van der Waals surface area contributed by atoms with Crippen molar-refractivity contribution in [2.75, 3.05) is 4.90 Å². The number of nitro groups is 1. The minimum absolute atomic E-state index is 0.0833. The highest BCUT2D eigenvalue weighted by atomic mass is 32.2. The number of aryl methyl sites for hydroxylation is 2. The van der Waals surface area contributed by atoms with Crippen LogP contribution >= 0.6 is 24.0 Å².